The zero-order valence-corrected chi connectivity index (χ0v) is 31.6. The van der Waals surface area contributed by atoms with Gasteiger partial charge in [0.15, 0.2) is 0 Å². The van der Waals surface area contributed by atoms with Crippen molar-refractivity contribution < 1.29 is 38.5 Å². The van der Waals surface area contributed by atoms with Crippen LogP contribution >= 0.6 is 0 Å². The lowest BCUT2D eigenvalue weighted by Gasteiger charge is -2.35. The quantitative estimate of drug-likeness (QED) is 0.0786. The molecule has 13 nitrogen and oxygen atoms in total. The number of nitrogens with zero attached hydrogens (tertiary/aromatic N) is 1. The van der Waals surface area contributed by atoms with E-state index in [2.05, 4.69) is 21.4 Å². The number of aliphatic hydroxyl groups is 1. The summed E-state index contributed by atoms with van der Waals surface area (Å²) in [7, 11) is 0. The summed E-state index contributed by atoms with van der Waals surface area (Å²) in [5, 5.41) is 21.0. The van der Waals surface area contributed by atoms with Crippen LogP contribution in [0, 0.1) is 11.8 Å². The molecule has 3 aromatic rings. The van der Waals surface area contributed by atoms with Crippen molar-refractivity contribution in [2.24, 2.45) is 11.8 Å². The van der Waals surface area contributed by atoms with E-state index in [1.807, 2.05) is 84.9 Å². The Hall–Kier alpha value is -5.14. The van der Waals surface area contributed by atoms with E-state index < -0.39 is 47.7 Å². The van der Waals surface area contributed by atoms with E-state index in [9.17, 15) is 24.3 Å². The van der Waals surface area contributed by atoms with Gasteiger partial charge >= 0.3 is 12.2 Å². The topological polar surface area (TPSA) is 168 Å². The lowest BCUT2D eigenvalue weighted by Crippen LogP contribution is -2.64. The Balaban J connectivity index is 1.91. The Labute approximate surface area is 312 Å². The molecule has 0 unspecified atom stereocenters. The third kappa shape index (κ3) is 14.1. The summed E-state index contributed by atoms with van der Waals surface area (Å²) >= 11 is 0. The molecule has 0 heterocycles. The molecule has 0 aliphatic rings. The average molecular weight is 734 g/mol. The maximum absolute atomic E-state index is 13.8. The zero-order chi connectivity index (χ0) is 38.8. The minimum absolute atomic E-state index is 0.0541. The fraction of sp³-hybridized carbons (Fsp3) is 0.450. The first-order valence-electron chi connectivity index (χ1n) is 18.1. The van der Waals surface area contributed by atoms with Gasteiger partial charge in [0.05, 0.1) is 13.2 Å². The van der Waals surface area contributed by atoms with E-state index in [4.69, 9.17) is 14.2 Å². The summed E-state index contributed by atoms with van der Waals surface area (Å²) in [5.74, 6) is -1.64. The summed E-state index contributed by atoms with van der Waals surface area (Å²) < 4.78 is 16.0. The van der Waals surface area contributed by atoms with Gasteiger partial charge in [0.2, 0.25) is 5.72 Å². The Morgan fingerprint density at radius 2 is 1.34 bits per heavy atom. The van der Waals surface area contributed by atoms with Gasteiger partial charge in [-0.15, -0.1) is 0 Å². The number of benzene rings is 3. The molecule has 13 heteroatoms. The fourth-order valence-corrected chi connectivity index (χ4v) is 5.40. The number of aryl methyl sites for hydroxylation is 1. The second-order valence-corrected chi connectivity index (χ2v) is 13.3. The number of hydrogen-bond acceptors (Lipinski definition) is 9. The molecule has 53 heavy (non-hydrogen) atoms. The summed E-state index contributed by atoms with van der Waals surface area (Å²) in [5.41, 5.74) is 3.56. The van der Waals surface area contributed by atoms with Crippen LogP contribution in [0.2, 0.25) is 0 Å². The molecule has 0 aliphatic heterocycles. The molecule has 0 bridgehead atoms. The maximum Gasteiger partial charge on any atom is 0.409 e. The van der Waals surface area contributed by atoms with E-state index in [0.717, 1.165) is 16.7 Å². The molecule has 0 fully saturated rings. The van der Waals surface area contributed by atoms with E-state index in [1.165, 1.54) is 0 Å². The van der Waals surface area contributed by atoms with Crippen LogP contribution < -0.4 is 26.1 Å². The number of alkyl carbamates (subject to hydrolysis) is 2. The third-order valence-corrected chi connectivity index (χ3v) is 8.46. The number of carbonyl (C=O) groups excluding carboxylic acids is 4. The second-order valence-electron chi connectivity index (χ2n) is 13.3. The molecule has 4 amide bonds. The number of hydrogen-bond donors (Lipinski definition) is 5. The minimum atomic E-state index is -2.28. The molecule has 0 saturated heterocycles. The highest BCUT2D eigenvalue weighted by molar-refractivity contribution is 5.88. The molecular weight excluding hydrogens is 678 g/mol. The molecule has 0 radical (unpaired) electrons. The predicted molar refractivity (Wildman–Crippen MR) is 201 cm³/mol. The van der Waals surface area contributed by atoms with Crippen molar-refractivity contribution in [3.05, 3.63) is 102 Å². The highest BCUT2D eigenvalue weighted by Gasteiger charge is 2.42. The fourth-order valence-electron chi connectivity index (χ4n) is 5.40. The summed E-state index contributed by atoms with van der Waals surface area (Å²) in [4.78, 5) is 52.3. The number of amides is 4. The lowest BCUT2D eigenvalue weighted by molar-refractivity contribution is -0.149. The van der Waals surface area contributed by atoms with Gasteiger partial charge < -0.3 is 30.0 Å². The summed E-state index contributed by atoms with van der Waals surface area (Å²) in [6, 6.07) is 25.4. The Bertz CT molecular complexity index is 1570. The van der Waals surface area contributed by atoms with Crippen LogP contribution in [-0.4, -0.2) is 71.7 Å². The van der Waals surface area contributed by atoms with Gasteiger partial charge in [-0.05, 0) is 61.4 Å². The van der Waals surface area contributed by atoms with Gasteiger partial charge in [-0.25, -0.2) is 14.6 Å². The molecule has 288 valence electrons. The van der Waals surface area contributed by atoms with Crippen molar-refractivity contribution in [2.75, 3.05) is 19.8 Å². The number of carbonyl (C=O) groups is 4. The molecule has 5 N–H and O–H groups in total. The van der Waals surface area contributed by atoms with Crippen LogP contribution in [0.15, 0.2) is 84.9 Å². The van der Waals surface area contributed by atoms with E-state index in [0.29, 0.717) is 25.2 Å². The molecule has 3 rings (SSSR count). The number of hydrazine groups is 1. The maximum atomic E-state index is 13.8. The van der Waals surface area contributed by atoms with Crippen molar-refractivity contribution in [1.82, 2.24) is 26.4 Å². The van der Waals surface area contributed by atoms with Gasteiger partial charge in [-0.2, -0.15) is 0 Å². The van der Waals surface area contributed by atoms with Gasteiger partial charge in [0.1, 0.15) is 18.4 Å². The first-order chi connectivity index (χ1) is 25.3. The van der Waals surface area contributed by atoms with Gasteiger partial charge in [0.25, 0.3) is 11.8 Å². The first kappa shape index (κ1) is 42.3. The van der Waals surface area contributed by atoms with Crippen molar-refractivity contribution in [3.8, 4) is 5.75 Å². The monoisotopic (exact) mass is 733 g/mol. The van der Waals surface area contributed by atoms with Gasteiger partial charge in [-0.1, -0.05) is 100 Å². The highest BCUT2D eigenvalue weighted by Crippen LogP contribution is 2.18. The van der Waals surface area contributed by atoms with Crippen molar-refractivity contribution in [1.29, 1.82) is 0 Å². The molecule has 3 atom stereocenters. The molecule has 0 spiro atoms. The van der Waals surface area contributed by atoms with Crippen LogP contribution in [0.4, 0.5) is 9.59 Å². The average Bonchev–Trinajstić information content (AvgIpc) is 3.13. The Morgan fingerprint density at radius 3 is 1.91 bits per heavy atom. The van der Waals surface area contributed by atoms with E-state index >= 15 is 0 Å². The molecule has 0 aromatic heterocycles. The normalized spacial score (nSPS) is 13.4. The largest absolute Gasteiger partial charge is 0.489 e. The molecule has 3 aromatic carbocycles. The third-order valence-electron chi connectivity index (χ3n) is 8.46. The summed E-state index contributed by atoms with van der Waals surface area (Å²) in [6.45, 7) is 11.0. The predicted octanol–water partition coefficient (Wildman–Crippen LogP) is 5.08. The van der Waals surface area contributed by atoms with Crippen LogP contribution in [-0.2, 0) is 38.6 Å². The number of ether oxygens (including phenoxy) is 3. The molecule has 0 aliphatic carbocycles. The molecular formula is C40H55N5O8. The Kier molecular flexibility index (Phi) is 17.1. The van der Waals surface area contributed by atoms with Gasteiger partial charge in [-0.3, -0.25) is 20.3 Å². The molecule has 0 saturated carbocycles. The van der Waals surface area contributed by atoms with Gasteiger partial charge in [0, 0.05) is 25.0 Å². The highest BCUT2D eigenvalue weighted by atomic mass is 16.6. The lowest BCUT2D eigenvalue weighted by atomic mass is 9.97. The van der Waals surface area contributed by atoms with Crippen molar-refractivity contribution in [3.63, 3.8) is 0 Å². The second kappa shape index (κ2) is 21.4. The van der Waals surface area contributed by atoms with E-state index in [1.54, 1.807) is 46.6 Å². The number of nitrogens with one attached hydrogen (secondary N) is 4. The smallest absolute Gasteiger partial charge is 0.409 e. The minimum Gasteiger partial charge on any atom is -0.489 e. The standard InChI is InChI=1S/C40H55N5O8/c1-7-51-38(48)42-35(28(3)4)36(46)44-45(25-31-20-23-34(24-21-31)53-27-32-17-13-10-14-18-32)26-33(22-19-30-15-11-9-12-16-30)41-37(47)40(50,29(5)6)43-39(49)52-8-2/h9-18,20-21,23-24,28-29,33,35,50H,7-8,19,22,25-27H2,1-6H3,(H,41,47)(H,42,48)(H,43,49)(H,44,46)/t33-,35-,40+/m0/s1. The SMILES string of the molecule is CCOC(=O)N[C@H](C(=O)NN(Cc1ccc(OCc2ccccc2)cc1)C[C@H](CCc1ccccc1)NC(=O)[C@@](O)(NC(=O)OCC)C(C)C)C(C)C. The zero-order valence-electron chi connectivity index (χ0n) is 31.6. The number of rotatable bonds is 20. The van der Waals surface area contributed by atoms with Crippen LogP contribution in [0.25, 0.3) is 0 Å². The van der Waals surface area contributed by atoms with Crippen LogP contribution in [0.5, 0.6) is 5.75 Å². The van der Waals surface area contributed by atoms with Crippen molar-refractivity contribution >= 4 is 24.0 Å². The van der Waals surface area contributed by atoms with Crippen molar-refractivity contribution in [2.45, 2.75) is 85.3 Å². The van der Waals surface area contributed by atoms with E-state index in [-0.39, 0.29) is 32.2 Å². The summed E-state index contributed by atoms with van der Waals surface area (Å²) in [6.07, 6.45) is -0.671. The first-order valence-corrected chi connectivity index (χ1v) is 18.1. The van der Waals surface area contributed by atoms with Crippen LogP contribution in [0.3, 0.4) is 0 Å². The Morgan fingerprint density at radius 1 is 0.755 bits per heavy atom. The van der Waals surface area contributed by atoms with Crippen LogP contribution in [0.1, 0.15) is 64.7 Å².